The van der Waals surface area contributed by atoms with E-state index >= 15 is 0 Å². The molecule has 1 rings (SSSR count). The van der Waals surface area contributed by atoms with Crippen LogP contribution in [-0.4, -0.2) is 0 Å². The molecule has 0 aliphatic heterocycles. The fourth-order valence-corrected chi connectivity index (χ4v) is 2.72. The van der Waals surface area contributed by atoms with Gasteiger partial charge in [0.1, 0.15) is 0 Å². The van der Waals surface area contributed by atoms with Crippen LogP contribution in [-0.2, 0) is 0 Å². The van der Waals surface area contributed by atoms with Crippen molar-refractivity contribution in [1.29, 1.82) is 0 Å². The van der Waals surface area contributed by atoms with Crippen molar-refractivity contribution in [2.24, 2.45) is 5.73 Å². The van der Waals surface area contributed by atoms with E-state index in [1.54, 1.807) is 11.3 Å². The first kappa shape index (κ1) is 12.4. The van der Waals surface area contributed by atoms with E-state index < -0.39 is 0 Å². The second-order valence-corrected chi connectivity index (χ2v) is 4.33. The molecule has 2 N–H and O–H groups in total. The number of rotatable bonds is 3. The Morgan fingerprint density at radius 3 is 2.75 bits per heavy atom. The van der Waals surface area contributed by atoms with Gasteiger partial charge in [0.05, 0.1) is 0 Å². The summed E-state index contributed by atoms with van der Waals surface area (Å²) in [6.07, 6.45) is 2.21. The summed E-state index contributed by atoms with van der Waals surface area (Å²) in [5.41, 5.74) is 5.93. The second kappa shape index (κ2) is 5.97. The lowest BCUT2D eigenvalue weighted by Crippen LogP contribution is -2.07. The van der Waals surface area contributed by atoms with E-state index in [-0.39, 0.29) is 18.4 Å². The molecule has 1 nitrogen and oxygen atoms in total. The lowest BCUT2D eigenvalue weighted by Gasteiger charge is -2.07. The summed E-state index contributed by atoms with van der Waals surface area (Å²) in [5.74, 6) is 0. The molecule has 70 valence electrons. The molecular formula is C8H13BrClNS. The number of halogens is 2. The number of hydrogen-bond donors (Lipinski definition) is 1. The highest BCUT2D eigenvalue weighted by Gasteiger charge is 2.09. The maximum Gasteiger partial charge on any atom is 0.0401 e. The standard InChI is InChI=1S/C8H12BrNS.ClH/c1-2-3-7(10)8-6(9)4-5-11-8;/h4-5,7H,2-3,10H2,1H3;1H/t7-;/m1./s1. The topological polar surface area (TPSA) is 26.0 Å². The Kier molecular flexibility index (Phi) is 6.19. The Morgan fingerprint density at radius 2 is 2.33 bits per heavy atom. The van der Waals surface area contributed by atoms with Crippen molar-refractivity contribution in [2.45, 2.75) is 25.8 Å². The molecule has 0 saturated carbocycles. The fraction of sp³-hybridized carbons (Fsp3) is 0.500. The van der Waals surface area contributed by atoms with Crippen molar-refractivity contribution in [3.63, 3.8) is 0 Å². The van der Waals surface area contributed by atoms with Crippen LogP contribution in [0.3, 0.4) is 0 Å². The molecule has 12 heavy (non-hydrogen) atoms. The fourth-order valence-electron chi connectivity index (χ4n) is 1.01. The van der Waals surface area contributed by atoms with Crippen molar-refractivity contribution < 1.29 is 0 Å². The van der Waals surface area contributed by atoms with E-state index in [0.29, 0.717) is 0 Å². The van der Waals surface area contributed by atoms with Gasteiger partial charge in [-0.25, -0.2) is 0 Å². The van der Waals surface area contributed by atoms with Gasteiger partial charge >= 0.3 is 0 Å². The third-order valence-corrected chi connectivity index (χ3v) is 3.58. The van der Waals surface area contributed by atoms with Gasteiger partial charge in [0.25, 0.3) is 0 Å². The zero-order valence-electron chi connectivity index (χ0n) is 6.92. The highest BCUT2D eigenvalue weighted by atomic mass is 79.9. The minimum atomic E-state index is 0. The van der Waals surface area contributed by atoms with Gasteiger partial charge in [0, 0.05) is 15.4 Å². The van der Waals surface area contributed by atoms with E-state index in [1.165, 1.54) is 4.88 Å². The van der Waals surface area contributed by atoms with Gasteiger partial charge in [-0.3, -0.25) is 0 Å². The lowest BCUT2D eigenvalue weighted by molar-refractivity contribution is 0.646. The Morgan fingerprint density at radius 1 is 1.67 bits per heavy atom. The monoisotopic (exact) mass is 269 g/mol. The van der Waals surface area contributed by atoms with Gasteiger partial charge in [-0.2, -0.15) is 0 Å². The number of nitrogens with two attached hydrogens (primary N) is 1. The summed E-state index contributed by atoms with van der Waals surface area (Å²) < 4.78 is 1.16. The average molecular weight is 271 g/mol. The van der Waals surface area contributed by atoms with Crippen LogP contribution in [0, 0.1) is 0 Å². The molecule has 0 amide bonds. The Balaban J connectivity index is 0.00000121. The predicted octanol–water partition coefficient (Wildman–Crippen LogP) is 3.73. The zero-order valence-corrected chi connectivity index (χ0v) is 10.1. The summed E-state index contributed by atoms with van der Waals surface area (Å²) >= 11 is 5.19. The average Bonchev–Trinajstić information content (AvgIpc) is 2.36. The van der Waals surface area contributed by atoms with Gasteiger partial charge < -0.3 is 5.73 Å². The summed E-state index contributed by atoms with van der Waals surface area (Å²) in [6, 6.07) is 2.27. The van der Waals surface area contributed by atoms with Crippen molar-refractivity contribution in [2.75, 3.05) is 0 Å². The van der Waals surface area contributed by atoms with Gasteiger partial charge in [-0.15, -0.1) is 23.7 Å². The van der Waals surface area contributed by atoms with Crippen LogP contribution in [0.5, 0.6) is 0 Å². The highest BCUT2D eigenvalue weighted by molar-refractivity contribution is 9.10. The molecule has 1 aromatic rings. The largest absolute Gasteiger partial charge is 0.323 e. The summed E-state index contributed by atoms with van der Waals surface area (Å²) in [6.45, 7) is 2.15. The second-order valence-electron chi connectivity index (χ2n) is 2.53. The summed E-state index contributed by atoms with van der Waals surface area (Å²) in [7, 11) is 0. The molecule has 0 aromatic carbocycles. The van der Waals surface area contributed by atoms with Gasteiger partial charge in [0.15, 0.2) is 0 Å². The Bertz CT molecular complexity index is 227. The third kappa shape index (κ3) is 3.05. The molecule has 1 atom stereocenters. The molecule has 0 aliphatic rings. The van der Waals surface area contributed by atoms with Crippen LogP contribution in [0.4, 0.5) is 0 Å². The highest BCUT2D eigenvalue weighted by Crippen LogP contribution is 2.29. The minimum Gasteiger partial charge on any atom is -0.323 e. The van der Waals surface area contributed by atoms with Crippen LogP contribution in [0.2, 0.25) is 0 Å². The Labute approximate surface area is 91.9 Å². The van der Waals surface area contributed by atoms with Crippen LogP contribution in [0.15, 0.2) is 15.9 Å². The number of thiophene rings is 1. The van der Waals surface area contributed by atoms with Crippen molar-refractivity contribution in [1.82, 2.24) is 0 Å². The first-order valence-electron chi connectivity index (χ1n) is 3.74. The van der Waals surface area contributed by atoms with E-state index in [1.807, 2.05) is 0 Å². The van der Waals surface area contributed by atoms with Crippen molar-refractivity contribution in [3.05, 3.63) is 20.8 Å². The normalized spacial score (nSPS) is 12.2. The summed E-state index contributed by atoms with van der Waals surface area (Å²) in [5, 5.41) is 2.06. The maximum absolute atomic E-state index is 5.93. The maximum atomic E-state index is 5.93. The molecule has 0 spiro atoms. The molecule has 0 radical (unpaired) electrons. The molecule has 4 heteroatoms. The van der Waals surface area contributed by atoms with Crippen LogP contribution < -0.4 is 5.73 Å². The zero-order chi connectivity index (χ0) is 8.27. The molecule has 0 unspecified atom stereocenters. The minimum absolute atomic E-state index is 0. The van der Waals surface area contributed by atoms with Gasteiger partial charge in [-0.05, 0) is 33.8 Å². The first-order valence-corrected chi connectivity index (χ1v) is 5.41. The molecule has 0 bridgehead atoms. The van der Waals surface area contributed by atoms with Crippen molar-refractivity contribution in [3.8, 4) is 0 Å². The Hall–Kier alpha value is 0.430. The summed E-state index contributed by atoms with van der Waals surface area (Å²) in [4.78, 5) is 1.27. The smallest absolute Gasteiger partial charge is 0.0401 e. The van der Waals surface area contributed by atoms with E-state index in [0.717, 1.165) is 17.3 Å². The SMILES string of the molecule is CCC[C@@H](N)c1sccc1Br.Cl. The molecule has 0 saturated heterocycles. The van der Waals surface area contributed by atoms with Crippen LogP contribution in [0.1, 0.15) is 30.7 Å². The molecule has 1 heterocycles. The molecule has 1 aromatic heterocycles. The van der Waals surface area contributed by atoms with Gasteiger partial charge in [-0.1, -0.05) is 13.3 Å². The van der Waals surface area contributed by atoms with Crippen LogP contribution in [0.25, 0.3) is 0 Å². The molecular weight excluding hydrogens is 258 g/mol. The van der Waals surface area contributed by atoms with E-state index in [2.05, 4.69) is 34.3 Å². The molecule has 0 fully saturated rings. The first-order chi connectivity index (χ1) is 5.25. The lowest BCUT2D eigenvalue weighted by atomic mass is 10.1. The predicted molar refractivity (Wildman–Crippen MR) is 61.1 cm³/mol. The van der Waals surface area contributed by atoms with E-state index in [4.69, 9.17) is 5.73 Å². The van der Waals surface area contributed by atoms with Crippen LogP contribution >= 0.6 is 39.7 Å². The number of hydrogen-bond acceptors (Lipinski definition) is 2. The van der Waals surface area contributed by atoms with E-state index in [9.17, 15) is 0 Å². The molecule has 0 aliphatic carbocycles. The third-order valence-electron chi connectivity index (χ3n) is 1.58. The van der Waals surface area contributed by atoms with Crippen molar-refractivity contribution >= 4 is 39.7 Å². The quantitative estimate of drug-likeness (QED) is 0.890. The van der Waals surface area contributed by atoms with Gasteiger partial charge in [0.2, 0.25) is 0 Å².